The highest BCUT2D eigenvalue weighted by molar-refractivity contribution is 5.86. The van der Waals surface area contributed by atoms with Gasteiger partial charge in [-0.1, -0.05) is 19.8 Å². The minimum atomic E-state index is -2.25. The number of aliphatic carboxylic acids is 1. The maximum absolute atomic E-state index is 14.0. The third-order valence-electron chi connectivity index (χ3n) is 4.58. The minimum absolute atomic E-state index is 0.0386. The summed E-state index contributed by atoms with van der Waals surface area (Å²) in [7, 11) is 0. The number of hydrogen-bond donors (Lipinski definition) is 1. The predicted octanol–water partition coefficient (Wildman–Crippen LogP) is 1.98. The molecule has 1 unspecified atom stereocenters. The van der Waals surface area contributed by atoms with E-state index in [4.69, 9.17) is 5.11 Å². The van der Waals surface area contributed by atoms with Gasteiger partial charge in [-0.15, -0.1) is 0 Å². The molecule has 1 saturated heterocycles. The van der Waals surface area contributed by atoms with E-state index in [-0.39, 0.29) is 30.8 Å². The Bertz CT molecular complexity index is 365. The van der Waals surface area contributed by atoms with Gasteiger partial charge in [-0.25, -0.2) is 9.18 Å². The quantitative estimate of drug-likeness (QED) is 0.841. The van der Waals surface area contributed by atoms with E-state index in [1.54, 1.807) is 0 Å². The number of amides is 1. The van der Waals surface area contributed by atoms with Crippen LogP contribution in [0.3, 0.4) is 0 Å². The summed E-state index contributed by atoms with van der Waals surface area (Å²) in [6, 6.07) is 0. The van der Waals surface area contributed by atoms with E-state index in [9.17, 15) is 14.0 Å². The van der Waals surface area contributed by atoms with Crippen LogP contribution in [0.25, 0.3) is 0 Å². The van der Waals surface area contributed by atoms with Crippen molar-refractivity contribution >= 4 is 11.9 Å². The first kappa shape index (κ1) is 13.3. The van der Waals surface area contributed by atoms with Gasteiger partial charge in [-0.05, 0) is 19.3 Å². The lowest BCUT2D eigenvalue weighted by Gasteiger charge is -2.31. The summed E-state index contributed by atoms with van der Waals surface area (Å²) in [4.78, 5) is 24.7. The van der Waals surface area contributed by atoms with E-state index in [0.29, 0.717) is 0 Å². The summed E-state index contributed by atoms with van der Waals surface area (Å²) in [6.45, 7) is 1.92. The number of alkyl halides is 1. The fraction of sp³-hybridized carbons (Fsp3) is 0.846. The maximum atomic E-state index is 14.0. The Morgan fingerprint density at radius 1 is 1.28 bits per heavy atom. The maximum Gasteiger partial charge on any atom is 0.343 e. The van der Waals surface area contributed by atoms with E-state index in [1.165, 1.54) is 4.90 Å². The van der Waals surface area contributed by atoms with Crippen LogP contribution in [0.15, 0.2) is 0 Å². The second-order valence-corrected chi connectivity index (χ2v) is 5.59. The first-order valence-corrected chi connectivity index (χ1v) is 6.65. The fourth-order valence-corrected chi connectivity index (χ4v) is 3.23. The van der Waals surface area contributed by atoms with Crippen molar-refractivity contribution in [1.82, 2.24) is 4.90 Å². The molecule has 1 heterocycles. The molecule has 2 rings (SSSR count). The number of likely N-dealkylation sites (tertiary alicyclic amines) is 1. The van der Waals surface area contributed by atoms with Crippen molar-refractivity contribution in [2.24, 2.45) is 5.41 Å². The average molecular weight is 257 g/mol. The Labute approximate surface area is 106 Å². The van der Waals surface area contributed by atoms with Crippen molar-refractivity contribution in [1.29, 1.82) is 0 Å². The lowest BCUT2D eigenvalue weighted by atomic mass is 9.82. The zero-order valence-electron chi connectivity index (χ0n) is 10.7. The molecule has 1 aliphatic heterocycles. The standard InChI is InChI=1S/C13H20FNO3/c1-2-12(5-3-4-6-12)10(16)15-8-7-13(14,9-15)11(17)18/h2-9H2,1H3,(H,17,18). The molecule has 0 spiro atoms. The van der Waals surface area contributed by atoms with Crippen LogP contribution in [0.1, 0.15) is 45.4 Å². The largest absolute Gasteiger partial charge is 0.479 e. The van der Waals surface area contributed by atoms with Gasteiger partial charge in [0, 0.05) is 18.4 Å². The van der Waals surface area contributed by atoms with Crippen molar-refractivity contribution < 1.29 is 19.1 Å². The van der Waals surface area contributed by atoms with Crippen LogP contribution in [0, 0.1) is 5.41 Å². The smallest absolute Gasteiger partial charge is 0.343 e. The lowest BCUT2D eigenvalue weighted by molar-refractivity contribution is -0.151. The van der Waals surface area contributed by atoms with Crippen LogP contribution in [0.4, 0.5) is 4.39 Å². The third-order valence-corrected chi connectivity index (χ3v) is 4.58. The SMILES string of the molecule is CCC1(C(=O)N2CCC(F)(C(=O)O)C2)CCCC1. The van der Waals surface area contributed by atoms with E-state index >= 15 is 0 Å². The van der Waals surface area contributed by atoms with Crippen LogP contribution < -0.4 is 0 Å². The van der Waals surface area contributed by atoms with Crippen LogP contribution >= 0.6 is 0 Å². The highest BCUT2D eigenvalue weighted by Gasteiger charge is 2.50. The predicted molar refractivity (Wildman–Crippen MR) is 63.9 cm³/mol. The number of carboxylic acids is 1. The van der Waals surface area contributed by atoms with Gasteiger partial charge in [0.05, 0.1) is 6.54 Å². The molecule has 5 heteroatoms. The number of hydrogen-bond acceptors (Lipinski definition) is 2. The molecule has 2 aliphatic rings. The van der Waals surface area contributed by atoms with Gasteiger partial charge in [-0.2, -0.15) is 0 Å². The second-order valence-electron chi connectivity index (χ2n) is 5.59. The fourth-order valence-electron chi connectivity index (χ4n) is 3.23. The number of nitrogens with zero attached hydrogens (tertiary/aromatic N) is 1. The molecule has 0 aromatic rings. The number of carbonyl (C=O) groups excluding carboxylic acids is 1. The zero-order valence-corrected chi connectivity index (χ0v) is 10.7. The number of halogens is 1. The molecular weight excluding hydrogens is 237 g/mol. The molecule has 2 fully saturated rings. The normalized spacial score (nSPS) is 30.7. The van der Waals surface area contributed by atoms with Crippen molar-refractivity contribution in [2.75, 3.05) is 13.1 Å². The van der Waals surface area contributed by atoms with Gasteiger partial charge < -0.3 is 10.0 Å². The molecule has 1 amide bonds. The molecule has 1 aliphatic carbocycles. The summed E-state index contributed by atoms with van der Waals surface area (Å²) >= 11 is 0. The molecule has 1 N–H and O–H groups in total. The Hall–Kier alpha value is -1.13. The molecule has 4 nitrogen and oxygen atoms in total. The first-order chi connectivity index (χ1) is 8.43. The van der Waals surface area contributed by atoms with Gasteiger partial charge >= 0.3 is 5.97 Å². The van der Waals surface area contributed by atoms with Crippen molar-refractivity contribution in [3.63, 3.8) is 0 Å². The topological polar surface area (TPSA) is 57.6 Å². The van der Waals surface area contributed by atoms with E-state index in [1.807, 2.05) is 6.92 Å². The Morgan fingerprint density at radius 2 is 1.89 bits per heavy atom. The summed E-state index contributed by atoms with van der Waals surface area (Å²) in [6.07, 6.45) is 4.44. The summed E-state index contributed by atoms with van der Waals surface area (Å²) in [5.74, 6) is -1.49. The molecule has 0 aromatic carbocycles. The van der Waals surface area contributed by atoms with Gasteiger partial charge in [0.15, 0.2) is 0 Å². The molecule has 1 saturated carbocycles. The van der Waals surface area contributed by atoms with Gasteiger partial charge in [0.2, 0.25) is 11.6 Å². The highest BCUT2D eigenvalue weighted by Crippen LogP contribution is 2.43. The Kier molecular flexibility index (Phi) is 3.34. The van der Waals surface area contributed by atoms with Crippen molar-refractivity contribution in [3.8, 4) is 0 Å². The number of carboxylic acid groups (broad SMARTS) is 1. The van der Waals surface area contributed by atoms with Crippen molar-refractivity contribution in [2.45, 2.75) is 51.1 Å². The van der Waals surface area contributed by atoms with E-state index in [0.717, 1.165) is 32.1 Å². The van der Waals surface area contributed by atoms with Gasteiger partial charge in [0.25, 0.3) is 0 Å². The first-order valence-electron chi connectivity index (χ1n) is 6.65. The number of carbonyl (C=O) groups is 2. The van der Waals surface area contributed by atoms with Gasteiger partial charge in [0.1, 0.15) is 0 Å². The zero-order chi connectivity index (χ0) is 13.4. The highest BCUT2D eigenvalue weighted by atomic mass is 19.1. The van der Waals surface area contributed by atoms with Crippen LogP contribution in [0.2, 0.25) is 0 Å². The van der Waals surface area contributed by atoms with Crippen LogP contribution in [-0.4, -0.2) is 40.6 Å². The van der Waals surface area contributed by atoms with Gasteiger partial charge in [-0.3, -0.25) is 4.79 Å². The summed E-state index contributed by atoms with van der Waals surface area (Å²) in [5, 5.41) is 8.85. The average Bonchev–Trinajstić information content (AvgIpc) is 2.96. The molecule has 1 atom stereocenters. The number of rotatable bonds is 3. The molecular formula is C13H20FNO3. The Morgan fingerprint density at radius 3 is 2.33 bits per heavy atom. The second kappa shape index (κ2) is 4.52. The minimum Gasteiger partial charge on any atom is -0.479 e. The molecule has 0 radical (unpaired) electrons. The summed E-state index contributed by atoms with van der Waals surface area (Å²) < 4.78 is 14.0. The Balaban J connectivity index is 2.10. The van der Waals surface area contributed by atoms with Crippen molar-refractivity contribution in [3.05, 3.63) is 0 Å². The summed E-state index contributed by atoms with van der Waals surface area (Å²) in [5.41, 5.74) is -2.60. The lowest BCUT2D eigenvalue weighted by Crippen LogP contribution is -2.44. The molecule has 18 heavy (non-hydrogen) atoms. The van der Waals surface area contributed by atoms with E-state index < -0.39 is 11.6 Å². The molecule has 0 bridgehead atoms. The van der Waals surface area contributed by atoms with E-state index in [2.05, 4.69) is 0 Å². The third kappa shape index (κ3) is 1.99. The van der Waals surface area contributed by atoms with Crippen LogP contribution in [-0.2, 0) is 9.59 Å². The van der Waals surface area contributed by atoms with Crippen LogP contribution in [0.5, 0.6) is 0 Å². The monoisotopic (exact) mass is 257 g/mol. The molecule has 102 valence electrons. The molecule has 0 aromatic heterocycles.